The van der Waals surface area contributed by atoms with Crippen molar-refractivity contribution < 1.29 is 9.69 Å². The number of Topliss-reactive ketones (excluding diaryl/α,β-unsaturated/α-hetero) is 1. The number of ketones is 1. The fourth-order valence-corrected chi connectivity index (χ4v) is 2.27. The van der Waals surface area contributed by atoms with E-state index in [4.69, 9.17) is 0 Å². The Kier molecular flexibility index (Phi) is 3.36. The van der Waals surface area contributed by atoms with Gasteiger partial charge in [-0.2, -0.15) is 0 Å². The van der Waals surface area contributed by atoms with E-state index in [9.17, 15) is 4.79 Å². The molecule has 0 aromatic rings. The van der Waals surface area contributed by atoms with Gasteiger partial charge in [-0.1, -0.05) is 13.8 Å². The van der Waals surface area contributed by atoms with Crippen LogP contribution in [0, 0.1) is 11.8 Å². The fourth-order valence-electron chi connectivity index (χ4n) is 2.27. The van der Waals surface area contributed by atoms with Crippen LogP contribution < -0.4 is 4.90 Å². The van der Waals surface area contributed by atoms with Crippen molar-refractivity contribution in [1.82, 2.24) is 0 Å². The molecule has 0 amide bonds. The van der Waals surface area contributed by atoms with E-state index in [-0.39, 0.29) is 5.54 Å². The summed E-state index contributed by atoms with van der Waals surface area (Å²) < 4.78 is 0. The number of rotatable bonds is 1. The average molecular weight is 198 g/mol. The monoisotopic (exact) mass is 198 g/mol. The minimum Gasteiger partial charge on any atom is -0.325 e. The van der Waals surface area contributed by atoms with Crippen LogP contribution >= 0.6 is 0 Å². The van der Waals surface area contributed by atoms with E-state index in [0.29, 0.717) is 17.6 Å². The van der Waals surface area contributed by atoms with Crippen LogP contribution in [0.4, 0.5) is 0 Å². The number of hydrogen-bond acceptors (Lipinski definition) is 1. The normalized spacial score (nSPS) is 29.7. The molecule has 2 nitrogen and oxygen atoms in total. The van der Waals surface area contributed by atoms with Crippen molar-refractivity contribution in [1.29, 1.82) is 0 Å². The molecule has 0 bridgehead atoms. The van der Waals surface area contributed by atoms with Crippen LogP contribution in [0.1, 0.15) is 41.0 Å². The van der Waals surface area contributed by atoms with Crippen molar-refractivity contribution in [2.45, 2.75) is 46.6 Å². The molecule has 0 aromatic heterocycles. The molecule has 82 valence electrons. The summed E-state index contributed by atoms with van der Waals surface area (Å²) in [5, 5.41) is 0. The van der Waals surface area contributed by atoms with Crippen molar-refractivity contribution in [2.24, 2.45) is 11.8 Å². The van der Waals surface area contributed by atoms with Crippen LogP contribution in [-0.2, 0) is 4.79 Å². The molecule has 1 N–H and O–H groups in total. The summed E-state index contributed by atoms with van der Waals surface area (Å²) in [4.78, 5) is 13.3. The predicted molar refractivity (Wildman–Crippen MR) is 58.4 cm³/mol. The van der Waals surface area contributed by atoms with Gasteiger partial charge in [-0.05, 0) is 26.7 Å². The van der Waals surface area contributed by atoms with E-state index in [1.165, 1.54) is 4.90 Å². The third-order valence-electron chi connectivity index (χ3n) is 3.42. The van der Waals surface area contributed by atoms with Crippen LogP contribution in [0.15, 0.2) is 0 Å². The topological polar surface area (TPSA) is 21.5 Å². The lowest BCUT2D eigenvalue weighted by atomic mass is 9.84. The zero-order valence-corrected chi connectivity index (χ0v) is 10.2. The van der Waals surface area contributed by atoms with Crippen LogP contribution in [0.25, 0.3) is 0 Å². The van der Waals surface area contributed by atoms with Gasteiger partial charge in [0.15, 0.2) is 5.78 Å². The molecule has 0 aliphatic carbocycles. The second-order valence-corrected chi connectivity index (χ2v) is 5.89. The molecule has 0 saturated carbocycles. The first-order valence-corrected chi connectivity index (χ1v) is 5.70. The highest BCUT2D eigenvalue weighted by atomic mass is 16.1. The Morgan fingerprint density at radius 1 is 1.36 bits per heavy atom. The molecule has 14 heavy (non-hydrogen) atoms. The van der Waals surface area contributed by atoms with Gasteiger partial charge in [-0.25, -0.2) is 0 Å². The van der Waals surface area contributed by atoms with Gasteiger partial charge in [-0.15, -0.1) is 0 Å². The Bertz CT molecular complexity index is 215. The predicted octanol–water partition coefficient (Wildman–Crippen LogP) is 0.915. The molecule has 1 heterocycles. The summed E-state index contributed by atoms with van der Waals surface area (Å²) in [6.45, 7) is 12.8. The minimum absolute atomic E-state index is 0.220. The number of quaternary nitrogens is 1. The number of nitrogens with one attached hydrogen (secondary N) is 1. The number of carbonyl (C=O) groups excluding carboxylic acids is 1. The summed E-state index contributed by atoms with van der Waals surface area (Å²) in [6, 6.07) is 0. The standard InChI is InChI=1S/C12H23NO/c1-9(2)10-6-7-13(8-11(10)14)12(3,4)5/h9-10H,6-8H2,1-5H3/p+1/t10-/m0/s1. The molecule has 1 rings (SSSR count). The Balaban J connectivity index is 2.60. The molecule has 1 unspecified atom stereocenters. The van der Waals surface area contributed by atoms with Crippen LogP contribution in [0.3, 0.4) is 0 Å². The second-order valence-electron chi connectivity index (χ2n) is 5.89. The van der Waals surface area contributed by atoms with Crippen molar-refractivity contribution in [3.63, 3.8) is 0 Å². The summed E-state index contributed by atoms with van der Waals surface area (Å²) in [5.41, 5.74) is 0.220. The smallest absolute Gasteiger partial charge is 0.190 e. The van der Waals surface area contributed by atoms with Crippen molar-refractivity contribution in [3.8, 4) is 0 Å². The molecule has 0 radical (unpaired) electrons. The van der Waals surface area contributed by atoms with Gasteiger partial charge in [0.25, 0.3) is 0 Å². The lowest BCUT2D eigenvalue weighted by Gasteiger charge is -2.37. The number of likely N-dealkylation sites (tertiary alicyclic amines) is 1. The van der Waals surface area contributed by atoms with Crippen LogP contribution in [0.5, 0.6) is 0 Å². The highest BCUT2D eigenvalue weighted by Crippen LogP contribution is 2.17. The van der Waals surface area contributed by atoms with E-state index in [0.717, 1.165) is 19.5 Å². The van der Waals surface area contributed by atoms with Gasteiger partial charge < -0.3 is 4.90 Å². The van der Waals surface area contributed by atoms with Gasteiger partial charge in [0.2, 0.25) is 0 Å². The first-order valence-electron chi connectivity index (χ1n) is 5.70. The van der Waals surface area contributed by atoms with Gasteiger partial charge in [-0.3, -0.25) is 4.79 Å². The maximum absolute atomic E-state index is 11.9. The summed E-state index contributed by atoms with van der Waals surface area (Å²) >= 11 is 0. The molecule has 1 aliphatic rings. The lowest BCUT2D eigenvalue weighted by Crippen LogP contribution is -3.20. The summed E-state index contributed by atoms with van der Waals surface area (Å²) in [5.74, 6) is 1.31. The number of hydrogen-bond donors (Lipinski definition) is 1. The molecular weight excluding hydrogens is 174 g/mol. The zero-order chi connectivity index (χ0) is 10.9. The SMILES string of the molecule is CC(C)[C@@H]1CC[NH+](C(C)(C)C)CC1=O. The van der Waals surface area contributed by atoms with Gasteiger partial charge >= 0.3 is 0 Å². The number of carbonyl (C=O) groups is 1. The molecule has 0 aromatic carbocycles. The maximum atomic E-state index is 11.9. The van der Waals surface area contributed by atoms with Gasteiger partial charge in [0.05, 0.1) is 12.1 Å². The fraction of sp³-hybridized carbons (Fsp3) is 0.917. The summed E-state index contributed by atoms with van der Waals surface area (Å²) in [7, 11) is 0. The van der Waals surface area contributed by atoms with Crippen LogP contribution in [-0.4, -0.2) is 24.4 Å². The zero-order valence-electron chi connectivity index (χ0n) is 10.2. The van der Waals surface area contributed by atoms with Crippen molar-refractivity contribution in [3.05, 3.63) is 0 Å². The van der Waals surface area contributed by atoms with E-state index < -0.39 is 0 Å². The molecule has 2 atom stereocenters. The van der Waals surface area contributed by atoms with E-state index >= 15 is 0 Å². The number of piperidine rings is 1. The molecule has 1 aliphatic heterocycles. The Labute approximate surface area is 87.7 Å². The van der Waals surface area contributed by atoms with E-state index in [1.54, 1.807) is 0 Å². The first kappa shape index (κ1) is 11.7. The molecule has 0 spiro atoms. The van der Waals surface area contributed by atoms with Gasteiger partial charge in [0, 0.05) is 12.3 Å². The highest BCUT2D eigenvalue weighted by Gasteiger charge is 2.36. The Morgan fingerprint density at radius 3 is 2.29 bits per heavy atom. The average Bonchev–Trinajstić information content (AvgIpc) is 2.01. The minimum atomic E-state index is 0.220. The van der Waals surface area contributed by atoms with Crippen molar-refractivity contribution in [2.75, 3.05) is 13.1 Å². The van der Waals surface area contributed by atoms with E-state index in [1.807, 2.05) is 0 Å². The largest absolute Gasteiger partial charge is 0.325 e. The molecule has 1 fully saturated rings. The maximum Gasteiger partial charge on any atom is 0.190 e. The highest BCUT2D eigenvalue weighted by molar-refractivity contribution is 5.82. The first-order chi connectivity index (χ1) is 6.32. The van der Waals surface area contributed by atoms with Crippen molar-refractivity contribution >= 4 is 5.78 Å². The lowest BCUT2D eigenvalue weighted by molar-refractivity contribution is -0.942. The molecule has 2 heteroatoms. The Morgan fingerprint density at radius 2 is 1.93 bits per heavy atom. The quantitative estimate of drug-likeness (QED) is 0.664. The molecular formula is C12H24NO+. The molecule has 1 saturated heterocycles. The summed E-state index contributed by atoms with van der Waals surface area (Å²) in [6.07, 6.45) is 1.07. The third-order valence-corrected chi connectivity index (χ3v) is 3.42. The van der Waals surface area contributed by atoms with E-state index in [2.05, 4.69) is 34.6 Å². The van der Waals surface area contributed by atoms with Gasteiger partial charge in [0.1, 0.15) is 6.54 Å². The Hall–Kier alpha value is -0.370. The van der Waals surface area contributed by atoms with Crippen LogP contribution in [0.2, 0.25) is 0 Å². The second kappa shape index (κ2) is 4.01. The third kappa shape index (κ3) is 2.57.